The van der Waals surface area contributed by atoms with Crippen LogP contribution in [-0.2, 0) is 0 Å². The predicted molar refractivity (Wildman–Crippen MR) is 140 cm³/mol. The van der Waals surface area contributed by atoms with Crippen molar-refractivity contribution in [2.45, 2.75) is 162 Å². The zero-order chi connectivity index (χ0) is 21.3. The molecule has 0 amide bonds. The van der Waals surface area contributed by atoms with Gasteiger partial charge in [-0.3, -0.25) is 0 Å². The second-order valence-corrected chi connectivity index (χ2v) is 12.4. The minimum Gasteiger partial charge on any atom is -0.107 e. The van der Waals surface area contributed by atoms with Crippen LogP contribution in [0.1, 0.15) is 162 Å². The molecule has 0 atom stereocenters. The molecule has 1 heteroatoms. The van der Waals surface area contributed by atoms with Gasteiger partial charge < -0.3 is 0 Å². The summed E-state index contributed by atoms with van der Waals surface area (Å²) in [5.41, 5.74) is 0. The molecule has 0 aliphatic heterocycles. The summed E-state index contributed by atoms with van der Waals surface area (Å²) in [4.78, 5) is 0. The van der Waals surface area contributed by atoms with E-state index in [4.69, 9.17) is 0 Å². The Hall–Kier alpha value is 0.430. The fourth-order valence-corrected chi connectivity index (χ4v) is 6.62. The van der Waals surface area contributed by atoms with E-state index in [1.165, 1.54) is 147 Å². The van der Waals surface area contributed by atoms with Gasteiger partial charge >= 0.3 is 0 Å². The maximum absolute atomic E-state index is 2.45. The van der Waals surface area contributed by atoms with Crippen LogP contribution in [0.4, 0.5) is 0 Å². The lowest BCUT2D eigenvalue weighted by Crippen LogP contribution is -1.94. The smallest absolute Gasteiger partial charge is 0.0326 e. The number of unbranched alkanes of at least 4 members (excludes halogenated alkanes) is 20. The lowest BCUT2D eigenvalue weighted by atomic mass is 10.1. The van der Waals surface area contributed by atoms with E-state index in [1.54, 1.807) is 12.3 Å². The molecule has 29 heavy (non-hydrogen) atoms. The summed E-state index contributed by atoms with van der Waals surface area (Å²) < 4.78 is 0. The molecule has 0 aliphatic carbocycles. The first-order chi connectivity index (χ1) is 14.3. The van der Waals surface area contributed by atoms with Gasteiger partial charge in [0.1, 0.15) is 0 Å². The average Bonchev–Trinajstić information content (AvgIpc) is 2.74. The fourth-order valence-electron chi connectivity index (χ4n) is 4.43. The van der Waals surface area contributed by atoms with E-state index < -0.39 is 0 Å². The van der Waals surface area contributed by atoms with Gasteiger partial charge in [0.05, 0.1) is 0 Å². The fraction of sp³-hybridized carbons (Fsp3) is 1.00. The molecule has 0 aromatic carbocycles. The molecule has 0 nitrogen and oxygen atoms in total. The molecule has 176 valence electrons. The van der Waals surface area contributed by atoms with Crippen molar-refractivity contribution in [2.24, 2.45) is 0 Å². The molecular weight excluding hydrogens is 367 g/mol. The maximum Gasteiger partial charge on any atom is -0.0326 e. The van der Waals surface area contributed by atoms with Gasteiger partial charge in [-0.2, -0.15) is 0 Å². The highest BCUT2D eigenvalue weighted by Crippen LogP contribution is 2.37. The summed E-state index contributed by atoms with van der Waals surface area (Å²) in [5.74, 6) is 0. The van der Waals surface area contributed by atoms with Crippen molar-refractivity contribution in [2.75, 3.05) is 18.5 Å². The Kier molecular flexibility index (Phi) is 26.9. The molecule has 0 spiro atoms. The van der Waals surface area contributed by atoms with Gasteiger partial charge in [0.2, 0.25) is 0 Å². The van der Waals surface area contributed by atoms with E-state index in [0.29, 0.717) is 7.92 Å². The predicted octanol–water partition coefficient (Wildman–Crippen LogP) is 11.1. The molecule has 0 N–H and O–H groups in total. The molecule has 0 radical (unpaired) electrons. The van der Waals surface area contributed by atoms with Crippen LogP contribution in [0.5, 0.6) is 0 Å². The molecule has 0 rings (SSSR count). The lowest BCUT2D eigenvalue weighted by Gasteiger charge is -2.15. The maximum atomic E-state index is 2.45. The van der Waals surface area contributed by atoms with Crippen molar-refractivity contribution in [1.29, 1.82) is 0 Å². The second kappa shape index (κ2) is 26.5. The summed E-state index contributed by atoms with van der Waals surface area (Å²) in [6.07, 6.45) is 37.1. The highest BCUT2D eigenvalue weighted by atomic mass is 31.1. The van der Waals surface area contributed by atoms with E-state index in [1.807, 2.05) is 0 Å². The van der Waals surface area contributed by atoms with Crippen LogP contribution < -0.4 is 0 Å². The van der Waals surface area contributed by atoms with Gasteiger partial charge in [0.25, 0.3) is 0 Å². The van der Waals surface area contributed by atoms with Gasteiger partial charge in [0.15, 0.2) is 0 Å². The van der Waals surface area contributed by atoms with Crippen LogP contribution >= 0.6 is 7.92 Å². The first-order valence-electron chi connectivity index (χ1n) is 14.1. The highest BCUT2D eigenvalue weighted by molar-refractivity contribution is 7.57. The van der Waals surface area contributed by atoms with E-state index in [0.717, 1.165) is 0 Å². The van der Waals surface area contributed by atoms with Crippen molar-refractivity contribution in [3.05, 3.63) is 0 Å². The topological polar surface area (TPSA) is 0 Å². The van der Waals surface area contributed by atoms with Crippen LogP contribution in [0.25, 0.3) is 0 Å². The zero-order valence-electron chi connectivity index (χ0n) is 21.1. The summed E-state index contributed by atoms with van der Waals surface area (Å²) in [7, 11) is 0.369. The van der Waals surface area contributed by atoms with Crippen LogP contribution in [0, 0.1) is 0 Å². The molecule has 0 heterocycles. The molecule has 0 fully saturated rings. The Morgan fingerprint density at radius 1 is 0.310 bits per heavy atom. The van der Waals surface area contributed by atoms with Crippen LogP contribution in [-0.4, -0.2) is 18.5 Å². The zero-order valence-corrected chi connectivity index (χ0v) is 22.0. The second-order valence-electron chi connectivity index (χ2n) is 9.51. The molecule has 0 aliphatic rings. The molecular formula is C28H59P. The Balaban J connectivity index is 3.27. The molecule has 0 aromatic rings. The first kappa shape index (κ1) is 29.4. The first-order valence-corrected chi connectivity index (χ1v) is 16.0. The molecule has 0 saturated carbocycles. The number of rotatable bonds is 25. The van der Waals surface area contributed by atoms with Crippen LogP contribution in [0.3, 0.4) is 0 Å². The highest BCUT2D eigenvalue weighted by Gasteiger charge is 2.05. The van der Waals surface area contributed by atoms with Gasteiger partial charge in [-0.25, -0.2) is 0 Å². The quantitative estimate of drug-likeness (QED) is 0.100. The normalized spacial score (nSPS) is 11.6. The Bertz CT molecular complexity index is 249. The van der Waals surface area contributed by atoms with Gasteiger partial charge in [-0.15, -0.1) is 7.92 Å². The Morgan fingerprint density at radius 2 is 0.552 bits per heavy atom. The van der Waals surface area contributed by atoms with E-state index in [2.05, 4.69) is 20.8 Å². The standard InChI is InChI=1S/C28H59P/c1-4-7-9-11-13-15-17-19-21-23-25-27-29(6-3)28-26-24-22-20-18-16-14-12-10-8-5-2/h4-28H2,1-3H3. The number of hydrogen-bond donors (Lipinski definition) is 0. The van der Waals surface area contributed by atoms with Crippen LogP contribution in [0.2, 0.25) is 0 Å². The Morgan fingerprint density at radius 3 is 0.793 bits per heavy atom. The average molecular weight is 427 g/mol. The SMILES string of the molecule is CCCCCCCCCCCCCP(CC)CCCCCCCCCCCCC. The van der Waals surface area contributed by atoms with Crippen LogP contribution in [0.15, 0.2) is 0 Å². The van der Waals surface area contributed by atoms with E-state index in [9.17, 15) is 0 Å². The Labute approximate surface area is 188 Å². The summed E-state index contributed by atoms with van der Waals surface area (Å²) in [6.45, 7) is 7.06. The van der Waals surface area contributed by atoms with Gasteiger partial charge in [-0.1, -0.05) is 149 Å². The van der Waals surface area contributed by atoms with Crippen molar-refractivity contribution >= 4 is 7.92 Å². The molecule has 0 bridgehead atoms. The molecule has 0 unspecified atom stereocenters. The van der Waals surface area contributed by atoms with Crippen molar-refractivity contribution < 1.29 is 0 Å². The lowest BCUT2D eigenvalue weighted by molar-refractivity contribution is 0.553. The van der Waals surface area contributed by atoms with E-state index in [-0.39, 0.29) is 0 Å². The van der Waals surface area contributed by atoms with Crippen molar-refractivity contribution in [1.82, 2.24) is 0 Å². The van der Waals surface area contributed by atoms with Crippen molar-refractivity contribution in [3.63, 3.8) is 0 Å². The monoisotopic (exact) mass is 426 g/mol. The van der Waals surface area contributed by atoms with E-state index >= 15 is 0 Å². The summed E-state index contributed by atoms with van der Waals surface area (Å²) >= 11 is 0. The number of hydrogen-bond acceptors (Lipinski definition) is 0. The van der Waals surface area contributed by atoms with Gasteiger partial charge in [0, 0.05) is 0 Å². The molecule has 0 saturated heterocycles. The summed E-state index contributed by atoms with van der Waals surface area (Å²) in [5, 5.41) is 0. The molecule has 0 aromatic heterocycles. The third-order valence-electron chi connectivity index (χ3n) is 6.60. The largest absolute Gasteiger partial charge is 0.107 e. The van der Waals surface area contributed by atoms with Gasteiger partial charge in [-0.05, 0) is 31.3 Å². The minimum absolute atomic E-state index is 0.369. The van der Waals surface area contributed by atoms with Crippen molar-refractivity contribution in [3.8, 4) is 0 Å². The third kappa shape index (κ3) is 24.6. The summed E-state index contributed by atoms with van der Waals surface area (Å²) in [6, 6.07) is 0. The third-order valence-corrected chi connectivity index (χ3v) is 9.39. The minimum atomic E-state index is 0.369.